The minimum Gasteiger partial charge on any atom is -0.384 e. The number of thioether (sulfide) groups is 1. The van der Waals surface area contributed by atoms with Crippen molar-refractivity contribution in [2.24, 2.45) is 0 Å². The molecule has 8 heteroatoms. The summed E-state index contributed by atoms with van der Waals surface area (Å²) >= 11 is 1.29. The van der Waals surface area contributed by atoms with Gasteiger partial charge >= 0.3 is 5.69 Å². The molecule has 0 spiro atoms. The summed E-state index contributed by atoms with van der Waals surface area (Å²) in [7, 11) is 3.25. The number of hydrogen-bond acceptors (Lipinski definition) is 7. The van der Waals surface area contributed by atoms with Crippen LogP contribution in [-0.4, -0.2) is 41.4 Å². The lowest BCUT2D eigenvalue weighted by Gasteiger charge is -2.06. The van der Waals surface area contributed by atoms with Gasteiger partial charge in [-0.15, -0.1) is 0 Å². The molecule has 0 aliphatic heterocycles. The standard InChI is InChI=1S/C9H14N4O3S/c1-6-7(13(14)15)8(17-5-4-16-3)12-9(10-2)11-6/h4-5H2,1-3H3,(H,10,11,12). The predicted molar refractivity (Wildman–Crippen MR) is 65.6 cm³/mol. The van der Waals surface area contributed by atoms with Crippen molar-refractivity contribution in [1.82, 2.24) is 9.97 Å². The number of anilines is 1. The number of methoxy groups -OCH3 is 1. The quantitative estimate of drug-likeness (QED) is 0.271. The van der Waals surface area contributed by atoms with E-state index in [0.717, 1.165) is 0 Å². The number of nitro groups is 1. The van der Waals surface area contributed by atoms with E-state index in [4.69, 9.17) is 4.74 Å². The van der Waals surface area contributed by atoms with Crippen LogP contribution in [0.3, 0.4) is 0 Å². The summed E-state index contributed by atoms with van der Waals surface area (Å²) in [5.41, 5.74) is 0.319. The molecular weight excluding hydrogens is 244 g/mol. The van der Waals surface area contributed by atoms with Crippen molar-refractivity contribution in [1.29, 1.82) is 0 Å². The van der Waals surface area contributed by atoms with Crippen molar-refractivity contribution >= 4 is 23.4 Å². The number of nitrogens with zero attached hydrogens (tertiary/aromatic N) is 3. The summed E-state index contributed by atoms with van der Waals surface area (Å²) in [6.07, 6.45) is 0. The number of hydrogen-bond donors (Lipinski definition) is 1. The highest BCUT2D eigenvalue weighted by Gasteiger charge is 2.21. The zero-order valence-electron chi connectivity index (χ0n) is 9.89. The summed E-state index contributed by atoms with van der Waals surface area (Å²) in [6, 6.07) is 0. The topological polar surface area (TPSA) is 90.2 Å². The molecule has 0 aliphatic rings. The van der Waals surface area contributed by atoms with E-state index in [-0.39, 0.29) is 5.69 Å². The molecule has 1 aromatic rings. The van der Waals surface area contributed by atoms with E-state index >= 15 is 0 Å². The zero-order chi connectivity index (χ0) is 12.8. The van der Waals surface area contributed by atoms with E-state index in [1.165, 1.54) is 11.8 Å². The van der Waals surface area contributed by atoms with Gasteiger partial charge in [0.1, 0.15) is 5.69 Å². The van der Waals surface area contributed by atoms with Crippen LogP contribution < -0.4 is 5.32 Å². The van der Waals surface area contributed by atoms with Gasteiger partial charge in [0.15, 0.2) is 5.03 Å². The first-order chi connectivity index (χ1) is 8.10. The maximum atomic E-state index is 10.9. The second-order valence-corrected chi connectivity index (χ2v) is 4.22. The molecule has 7 nitrogen and oxygen atoms in total. The molecule has 0 saturated heterocycles. The molecule has 0 radical (unpaired) electrons. The average molecular weight is 258 g/mol. The van der Waals surface area contributed by atoms with Gasteiger partial charge in [-0.05, 0) is 6.92 Å². The van der Waals surface area contributed by atoms with Crippen LogP contribution in [0.2, 0.25) is 0 Å². The molecule has 0 aromatic carbocycles. The summed E-state index contributed by atoms with van der Waals surface area (Å²) in [4.78, 5) is 18.6. The van der Waals surface area contributed by atoms with Gasteiger partial charge in [0.05, 0.1) is 11.5 Å². The molecule has 0 aliphatic carbocycles. The van der Waals surface area contributed by atoms with E-state index in [2.05, 4.69) is 15.3 Å². The Kier molecular flexibility index (Phi) is 5.11. The van der Waals surface area contributed by atoms with Crippen molar-refractivity contribution in [3.63, 3.8) is 0 Å². The molecule has 94 valence electrons. The summed E-state index contributed by atoms with van der Waals surface area (Å²) in [5.74, 6) is 0.991. The Balaban J connectivity index is 3.04. The van der Waals surface area contributed by atoms with Crippen molar-refractivity contribution < 1.29 is 9.66 Å². The van der Waals surface area contributed by atoms with Crippen LogP contribution >= 0.6 is 11.8 Å². The molecule has 0 fully saturated rings. The fourth-order valence-electron chi connectivity index (χ4n) is 1.19. The first kappa shape index (κ1) is 13.7. The third-order valence-electron chi connectivity index (χ3n) is 1.96. The SMILES string of the molecule is CNc1nc(C)c([N+](=O)[O-])c(SCCOC)n1. The molecule has 0 bridgehead atoms. The molecule has 0 amide bonds. The second-order valence-electron chi connectivity index (χ2n) is 3.13. The van der Waals surface area contributed by atoms with Gasteiger partial charge < -0.3 is 10.1 Å². The number of aromatic nitrogens is 2. The molecule has 1 rings (SSSR count). The second kappa shape index (κ2) is 6.36. The molecular formula is C9H14N4O3S. The highest BCUT2D eigenvalue weighted by molar-refractivity contribution is 7.99. The van der Waals surface area contributed by atoms with E-state index in [0.29, 0.717) is 29.0 Å². The highest BCUT2D eigenvalue weighted by Crippen LogP contribution is 2.30. The lowest BCUT2D eigenvalue weighted by atomic mass is 10.4. The van der Waals surface area contributed by atoms with Gasteiger partial charge in [-0.25, -0.2) is 4.98 Å². The van der Waals surface area contributed by atoms with Crippen LogP contribution in [0.5, 0.6) is 0 Å². The molecule has 0 saturated carbocycles. The molecule has 0 atom stereocenters. The summed E-state index contributed by atoms with van der Waals surface area (Å²) < 4.78 is 4.90. The zero-order valence-corrected chi connectivity index (χ0v) is 10.7. The minimum atomic E-state index is -0.454. The molecule has 0 unspecified atom stereocenters. The monoisotopic (exact) mass is 258 g/mol. The van der Waals surface area contributed by atoms with E-state index in [9.17, 15) is 10.1 Å². The predicted octanol–water partition coefficient (Wildman–Crippen LogP) is 1.47. The molecule has 1 N–H and O–H groups in total. The van der Waals surface area contributed by atoms with E-state index in [1.54, 1.807) is 21.1 Å². The van der Waals surface area contributed by atoms with Crippen LogP contribution in [0.1, 0.15) is 5.69 Å². The van der Waals surface area contributed by atoms with Gasteiger partial charge in [0, 0.05) is 19.9 Å². The third kappa shape index (κ3) is 3.53. The van der Waals surface area contributed by atoms with Gasteiger partial charge in [-0.1, -0.05) is 11.8 Å². The lowest BCUT2D eigenvalue weighted by molar-refractivity contribution is -0.389. The Morgan fingerprint density at radius 1 is 1.53 bits per heavy atom. The normalized spacial score (nSPS) is 10.3. The number of rotatable bonds is 6. The number of nitrogens with one attached hydrogen (secondary N) is 1. The third-order valence-corrected chi connectivity index (χ3v) is 2.89. The van der Waals surface area contributed by atoms with Crippen LogP contribution in [-0.2, 0) is 4.74 Å². The van der Waals surface area contributed by atoms with Crippen molar-refractivity contribution in [3.05, 3.63) is 15.8 Å². The largest absolute Gasteiger partial charge is 0.384 e. The fourth-order valence-corrected chi connectivity index (χ4v) is 2.14. The first-order valence-corrected chi connectivity index (χ1v) is 5.91. The maximum Gasteiger partial charge on any atom is 0.322 e. The van der Waals surface area contributed by atoms with Crippen LogP contribution in [0.4, 0.5) is 11.6 Å². The van der Waals surface area contributed by atoms with E-state index < -0.39 is 4.92 Å². The lowest BCUT2D eigenvalue weighted by Crippen LogP contribution is -2.05. The van der Waals surface area contributed by atoms with Crippen LogP contribution in [0, 0.1) is 17.0 Å². The number of ether oxygens (including phenoxy) is 1. The summed E-state index contributed by atoms with van der Waals surface area (Å²) in [6.45, 7) is 2.11. The molecule has 17 heavy (non-hydrogen) atoms. The minimum absolute atomic E-state index is 0.0369. The fraction of sp³-hybridized carbons (Fsp3) is 0.556. The van der Waals surface area contributed by atoms with Crippen LogP contribution in [0.25, 0.3) is 0 Å². The first-order valence-electron chi connectivity index (χ1n) is 4.92. The average Bonchev–Trinajstić information content (AvgIpc) is 2.28. The molecule has 1 aromatic heterocycles. The van der Waals surface area contributed by atoms with E-state index in [1.807, 2.05) is 0 Å². The van der Waals surface area contributed by atoms with Crippen molar-refractivity contribution in [2.45, 2.75) is 11.9 Å². The maximum absolute atomic E-state index is 10.9. The Hall–Kier alpha value is -1.41. The highest BCUT2D eigenvalue weighted by atomic mass is 32.2. The van der Waals surface area contributed by atoms with Gasteiger partial charge in [-0.2, -0.15) is 4.98 Å². The smallest absolute Gasteiger partial charge is 0.322 e. The Morgan fingerprint density at radius 3 is 2.76 bits per heavy atom. The summed E-state index contributed by atoms with van der Waals surface area (Å²) in [5, 5.41) is 14.1. The van der Waals surface area contributed by atoms with Gasteiger partial charge in [0.2, 0.25) is 5.95 Å². The van der Waals surface area contributed by atoms with Crippen LogP contribution in [0.15, 0.2) is 5.03 Å². The Labute approximate surface area is 103 Å². The Bertz CT molecular complexity index is 413. The Morgan fingerprint density at radius 2 is 2.24 bits per heavy atom. The van der Waals surface area contributed by atoms with Gasteiger partial charge in [0.25, 0.3) is 0 Å². The van der Waals surface area contributed by atoms with Crippen molar-refractivity contribution in [2.75, 3.05) is 31.8 Å². The molecule has 1 heterocycles. The van der Waals surface area contributed by atoms with Crippen molar-refractivity contribution in [3.8, 4) is 0 Å². The van der Waals surface area contributed by atoms with Gasteiger partial charge in [-0.3, -0.25) is 10.1 Å². The number of aryl methyl sites for hydroxylation is 1.